The molecule has 5 heteroatoms. The van der Waals surface area contributed by atoms with Crippen LogP contribution < -0.4 is 10.1 Å². The number of carbonyl (C=O) groups is 1. The van der Waals surface area contributed by atoms with E-state index in [4.69, 9.17) is 16.3 Å². The van der Waals surface area contributed by atoms with E-state index in [1.165, 1.54) is 11.8 Å². The Labute approximate surface area is 135 Å². The molecule has 2 rings (SSSR count). The van der Waals surface area contributed by atoms with Crippen LogP contribution in [0.4, 0.5) is 5.82 Å². The summed E-state index contributed by atoms with van der Waals surface area (Å²) in [5.74, 6) is 1.34. The summed E-state index contributed by atoms with van der Waals surface area (Å²) in [6.45, 7) is 2.64. The van der Waals surface area contributed by atoms with Crippen molar-refractivity contribution in [3.63, 3.8) is 0 Å². The Bertz CT molecular complexity index is 614. The third kappa shape index (κ3) is 5.74. The molecule has 0 unspecified atom stereocenters. The highest BCUT2D eigenvalue weighted by molar-refractivity contribution is 6.30. The topological polar surface area (TPSA) is 51.2 Å². The quantitative estimate of drug-likeness (QED) is 0.777. The van der Waals surface area contributed by atoms with Crippen LogP contribution in [-0.4, -0.2) is 17.5 Å². The van der Waals surface area contributed by atoms with Gasteiger partial charge in [0.15, 0.2) is 0 Å². The maximum Gasteiger partial charge on any atom is 0.225 e. The van der Waals surface area contributed by atoms with Gasteiger partial charge in [-0.2, -0.15) is 0 Å². The molecule has 0 radical (unpaired) electrons. The fourth-order valence-electron chi connectivity index (χ4n) is 1.94. The van der Waals surface area contributed by atoms with E-state index in [1.807, 2.05) is 31.2 Å². The van der Waals surface area contributed by atoms with Gasteiger partial charge in [-0.25, -0.2) is 4.98 Å². The second-order valence-electron chi connectivity index (χ2n) is 5.03. The fraction of sp³-hybridized carbons (Fsp3) is 0.294. The lowest BCUT2D eigenvalue weighted by Gasteiger charge is -2.07. The van der Waals surface area contributed by atoms with Crippen LogP contribution in [0.25, 0.3) is 0 Å². The van der Waals surface area contributed by atoms with E-state index < -0.39 is 0 Å². The molecular formula is C17H19ClN2O2. The van der Waals surface area contributed by atoms with E-state index in [0.29, 0.717) is 23.9 Å². The summed E-state index contributed by atoms with van der Waals surface area (Å²) in [4.78, 5) is 15.8. The molecule has 22 heavy (non-hydrogen) atoms. The van der Waals surface area contributed by atoms with Crippen molar-refractivity contribution < 1.29 is 9.53 Å². The molecule has 0 bridgehead atoms. The molecule has 1 heterocycles. The number of halogens is 1. The molecular weight excluding hydrogens is 300 g/mol. The van der Waals surface area contributed by atoms with Gasteiger partial charge in [0.25, 0.3) is 0 Å². The smallest absolute Gasteiger partial charge is 0.225 e. The second kappa shape index (κ2) is 8.39. The maximum absolute atomic E-state index is 11.8. The van der Waals surface area contributed by atoms with Gasteiger partial charge in [0.05, 0.1) is 11.6 Å². The van der Waals surface area contributed by atoms with Gasteiger partial charge in [-0.15, -0.1) is 0 Å². The number of amides is 1. The average Bonchev–Trinajstić information content (AvgIpc) is 2.49. The van der Waals surface area contributed by atoms with Crippen molar-refractivity contribution in [2.45, 2.75) is 26.2 Å². The summed E-state index contributed by atoms with van der Waals surface area (Å²) in [5, 5.41) is 3.28. The van der Waals surface area contributed by atoms with Crippen LogP contribution in [0.15, 0.2) is 42.6 Å². The minimum absolute atomic E-state index is 0.0506. The number of rotatable bonds is 7. The number of aromatic nitrogens is 1. The molecule has 0 atom stereocenters. The number of nitrogens with one attached hydrogen (secondary N) is 1. The third-order valence-electron chi connectivity index (χ3n) is 3.05. The van der Waals surface area contributed by atoms with Crippen molar-refractivity contribution in [2.24, 2.45) is 0 Å². The fourth-order valence-corrected chi connectivity index (χ4v) is 2.05. The van der Waals surface area contributed by atoms with E-state index in [-0.39, 0.29) is 5.91 Å². The summed E-state index contributed by atoms with van der Waals surface area (Å²) in [5.41, 5.74) is 1.17. The average molecular weight is 319 g/mol. The Morgan fingerprint density at radius 1 is 1.27 bits per heavy atom. The summed E-state index contributed by atoms with van der Waals surface area (Å²) in [6, 6.07) is 11.3. The Hall–Kier alpha value is -2.07. The van der Waals surface area contributed by atoms with Crippen molar-refractivity contribution in [3.05, 3.63) is 53.2 Å². The number of benzene rings is 1. The van der Waals surface area contributed by atoms with Crippen LogP contribution in [0.1, 0.15) is 24.8 Å². The number of ether oxygens (including phenoxy) is 1. The SMILES string of the molecule is Cc1cccc(OCCCCC(=O)Nc2ccc(Cl)cn2)c1. The molecule has 1 aromatic heterocycles. The predicted octanol–water partition coefficient (Wildman–Crippen LogP) is 4.23. The molecule has 2 aromatic rings. The Balaban J connectivity index is 1.62. The second-order valence-corrected chi connectivity index (χ2v) is 5.47. The summed E-state index contributed by atoms with van der Waals surface area (Å²) >= 11 is 5.74. The minimum Gasteiger partial charge on any atom is -0.494 e. The number of aryl methyl sites for hydroxylation is 1. The standard InChI is InChI=1S/C17H19ClN2O2/c1-13-5-4-6-15(11-13)22-10-3-2-7-17(21)20-16-9-8-14(18)12-19-16/h4-6,8-9,11-12H,2-3,7,10H2,1H3,(H,19,20,21). The zero-order valence-electron chi connectivity index (χ0n) is 12.5. The van der Waals surface area contributed by atoms with Crippen molar-refractivity contribution >= 4 is 23.3 Å². The first-order chi connectivity index (χ1) is 10.6. The molecule has 0 fully saturated rings. The van der Waals surface area contributed by atoms with Crippen LogP contribution in [0.2, 0.25) is 5.02 Å². The van der Waals surface area contributed by atoms with Crippen LogP contribution >= 0.6 is 11.6 Å². The van der Waals surface area contributed by atoms with Gasteiger partial charge < -0.3 is 10.1 Å². The molecule has 1 aromatic carbocycles. The Morgan fingerprint density at radius 3 is 2.86 bits per heavy atom. The summed E-state index contributed by atoms with van der Waals surface area (Å²) in [6.07, 6.45) is 3.55. The number of hydrogen-bond donors (Lipinski definition) is 1. The van der Waals surface area contributed by atoms with E-state index in [0.717, 1.165) is 18.6 Å². The molecule has 0 aliphatic rings. The number of unbranched alkanes of at least 4 members (excludes halogenated alkanes) is 1. The highest BCUT2D eigenvalue weighted by Crippen LogP contribution is 2.13. The predicted molar refractivity (Wildman–Crippen MR) is 88.4 cm³/mol. The maximum atomic E-state index is 11.8. The van der Waals surface area contributed by atoms with Crippen LogP contribution in [0.5, 0.6) is 5.75 Å². The lowest BCUT2D eigenvalue weighted by atomic mass is 10.2. The minimum atomic E-state index is -0.0506. The van der Waals surface area contributed by atoms with Crippen molar-refractivity contribution in [1.82, 2.24) is 4.98 Å². The summed E-state index contributed by atoms with van der Waals surface area (Å²) < 4.78 is 5.64. The first-order valence-electron chi connectivity index (χ1n) is 7.24. The molecule has 0 saturated carbocycles. The number of pyridine rings is 1. The van der Waals surface area contributed by atoms with Crippen molar-refractivity contribution in [3.8, 4) is 5.75 Å². The lowest BCUT2D eigenvalue weighted by molar-refractivity contribution is -0.116. The molecule has 4 nitrogen and oxygen atoms in total. The van der Waals surface area contributed by atoms with Gasteiger partial charge in [-0.1, -0.05) is 23.7 Å². The Morgan fingerprint density at radius 2 is 2.14 bits per heavy atom. The van der Waals surface area contributed by atoms with Gasteiger partial charge in [0.2, 0.25) is 5.91 Å². The summed E-state index contributed by atoms with van der Waals surface area (Å²) in [7, 11) is 0. The highest BCUT2D eigenvalue weighted by Gasteiger charge is 2.03. The van der Waals surface area contributed by atoms with Gasteiger partial charge in [0.1, 0.15) is 11.6 Å². The van der Waals surface area contributed by atoms with Gasteiger partial charge in [-0.05, 0) is 49.6 Å². The van der Waals surface area contributed by atoms with Gasteiger partial charge in [-0.3, -0.25) is 4.79 Å². The zero-order chi connectivity index (χ0) is 15.8. The molecule has 1 N–H and O–H groups in total. The Kier molecular flexibility index (Phi) is 6.22. The first kappa shape index (κ1) is 16.3. The third-order valence-corrected chi connectivity index (χ3v) is 3.27. The van der Waals surface area contributed by atoms with E-state index in [9.17, 15) is 4.79 Å². The number of nitrogens with zero attached hydrogens (tertiary/aromatic N) is 1. The van der Waals surface area contributed by atoms with Crippen molar-refractivity contribution in [1.29, 1.82) is 0 Å². The van der Waals surface area contributed by atoms with E-state index >= 15 is 0 Å². The largest absolute Gasteiger partial charge is 0.494 e. The highest BCUT2D eigenvalue weighted by atomic mass is 35.5. The number of hydrogen-bond acceptors (Lipinski definition) is 3. The van der Waals surface area contributed by atoms with Crippen molar-refractivity contribution in [2.75, 3.05) is 11.9 Å². The van der Waals surface area contributed by atoms with Crippen LogP contribution in [0.3, 0.4) is 0 Å². The zero-order valence-corrected chi connectivity index (χ0v) is 13.3. The van der Waals surface area contributed by atoms with Crippen LogP contribution in [0, 0.1) is 6.92 Å². The van der Waals surface area contributed by atoms with Gasteiger partial charge in [0, 0.05) is 12.6 Å². The van der Waals surface area contributed by atoms with E-state index in [1.54, 1.807) is 12.1 Å². The van der Waals surface area contributed by atoms with E-state index in [2.05, 4.69) is 10.3 Å². The van der Waals surface area contributed by atoms with Gasteiger partial charge >= 0.3 is 0 Å². The normalized spacial score (nSPS) is 10.3. The first-order valence-corrected chi connectivity index (χ1v) is 7.62. The molecule has 0 aliphatic carbocycles. The monoisotopic (exact) mass is 318 g/mol. The molecule has 0 spiro atoms. The molecule has 0 aliphatic heterocycles. The molecule has 116 valence electrons. The van der Waals surface area contributed by atoms with Crippen LogP contribution in [-0.2, 0) is 4.79 Å². The molecule has 1 amide bonds. The number of carbonyl (C=O) groups excluding carboxylic acids is 1. The molecule has 0 saturated heterocycles. The number of anilines is 1. The lowest BCUT2D eigenvalue weighted by Crippen LogP contribution is -2.12.